The van der Waals surface area contributed by atoms with Crippen LogP contribution in [0.2, 0.25) is 0 Å². The largest absolute Gasteiger partial charge is 0.456 e. The second kappa shape index (κ2) is 6.42. The predicted octanol–water partition coefficient (Wildman–Crippen LogP) is 4.67. The van der Waals surface area contributed by atoms with E-state index in [1.54, 1.807) is 0 Å². The van der Waals surface area contributed by atoms with Gasteiger partial charge in [-0.05, 0) is 84.1 Å². The minimum Gasteiger partial charge on any atom is -0.456 e. The van der Waals surface area contributed by atoms with Gasteiger partial charge in [0.2, 0.25) is 0 Å². The molecule has 0 aliphatic heterocycles. The van der Waals surface area contributed by atoms with E-state index in [0.29, 0.717) is 6.54 Å². The highest BCUT2D eigenvalue weighted by Gasteiger charge is 2.10. The lowest BCUT2D eigenvalue weighted by Crippen LogP contribution is -2.02. The molecule has 2 rings (SSSR count). The zero-order valence-electron chi connectivity index (χ0n) is 12.2. The van der Waals surface area contributed by atoms with E-state index in [-0.39, 0.29) is 0 Å². The Balaban J connectivity index is 2.33. The number of benzene rings is 2. The van der Waals surface area contributed by atoms with Gasteiger partial charge in [-0.15, -0.1) is 0 Å². The third kappa shape index (κ3) is 3.22. The molecule has 0 fully saturated rings. The van der Waals surface area contributed by atoms with Crippen LogP contribution in [0.4, 0.5) is 0 Å². The highest BCUT2D eigenvalue weighted by atomic mass is 79.9. The first-order chi connectivity index (χ1) is 9.52. The normalized spacial score (nSPS) is 10.7. The molecule has 0 saturated carbocycles. The number of halogens is 1. The van der Waals surface area contributed by atoms with Crippen LogP contribution >= 0.6 is 15.9 Å². The SMILES string of the molecule is Cc1ccc(C)c(Oc2ccc(CCN)cc2Br)c1C. The second-order valence-corrected chi connectivity index (χ2v) is 5.91. The van der Waals surface area contributed by atoms with Gasteiger partial charge in [0.1, 0.15) is 11.5 Å². The molecule has 3 heteroatoms. The Hall–Kier alpha value is -1.32. The molecule has 0 heterocycles. The summed E-state index contributed by atoms with van der Waals surface area (Å²) in [6.45, 7) is 6.91. The topological polar surface area (TPSA) is 35.2 Å². The molecule has 0 aliphatic carbocycles. The summed E-state index contributed by atoms with van der Waals surface area (Å²) in [4.78, 5) is 0. The zero-order valence-corrected chi connectivity index (χ0v) is 13.8. The van der Waals surface area contributed by atoms with Crippen molar-refractivity contribution < 1.29 is 4.74 Å². The van der Waals surface area contributed by atoms with Crippen LogP contribution < -0.4 is 10.5 Å². The van der Waals surface area contributed by atoms with Gasteiger partial charge in [0.25, 0.3) is 0 Å². The number of hydrogen-bond donors (Lipinski definition) is 1. The van der Waals surface area contributed by atoms with Crippen molar-refractivity contribution in [1.29, 1.82) is 0 Å². The van der Waals surface area contributed by atoms with Gasteiger partial charge in [-0.1, -0.05) is 18.2 Å². The molecule has 0 spiro atoms. The maximum atomic E-state index is 6.11. The van der Waals surface area contributed by atoms with Crippen molar-refractivity contribution in [2.24, 2.45) is 5.73 Å². The lowest BCUT2D eigenvalue weighted by Gasteiger charge is -2.15. The Labute approximate surface area is 129 Å². The Morgan fingerprint density at radius 1 is 1.05 bits per heavy atom. The van der Waals surface area contributed by atoms with E-state index in [9.17, 15) is 0 Å². The fourth-order valence-electron chi connectivity index (χ4n) is 2.14. The van der Waals surface area contributed by atoms with Crippen molar-refractivity contribution in [2.45, 2.75) is 27.2 Å². The monoisotopic (exact) mass is 333 g/mol. The molecular weight excluding hydrogens is 314 g/mol. The van der Waals surface area contributed by atoms with Gasteiger partial charge in [-0.2, -0.15) is 0 Å². The minimum absolute atomic E-state index is 0.655. The Morgan fingerprint density at radius 3 is 2.40 bits per heavy atom. The smallest absolute Gasteiger partial charge is 0.141 e. The third-order valence-corrected chi connectivity index (χ3v) is 4.13. The molecule has 2 nitrogen and oxygen atoms in total. The molecule has 20 heavy (non-hydrogen) atoms. The van der Waals surface area contributed by atoms with Crippen LogP contribution in [0.5, 0.6) is 11.5 Å². The van der Waals surface area contributed by atoms with Crippen LogP contribution in [0.3, 0.4) is 0 Å². The van der Waals surface area contributed by atoms with E-state index >= 15 is 0 Å². The van der Waals surface area contributed by atoms with Crippen LogP contribution in [0, 0.1) is 20.8 Å². The number of hydrogen-bond acceptors (Lipinski definition) is 2. The van der Waals surface area contributed by atoms with Crippen LogP contribution in [0.25, 0.3) is 0 Å². The molecule has 0 atom stereocenters. The summed E-state index contributed by atoms with van der Waals surface area (Å²) < 4.78 is 7.07. The van der Waals surface area contributed by atoms with Gasteiger partial charge in [-0.3, -0.25) is 0 Å². The number of ether oxygens (including phenoxy) is 1. The molecule has 2 aromatic carbocycles. The fraction of sp³-hybridized carbons (Fsp3) is 0.294. The van der Waals surface area contributed by atoms with Crippen LogP contribution in [0.1, 0.15) is 22.3 Å². The summed E-state index contributed by atoms with van der Waals surface area (Å²) in [5.41, 5.74) is 10.4. The first kappa shape index (κ1) is 15.1. The van der Waals surface area contributed by atoms with Crippen molar-refractivity contribution in [3.8, 4) is 11.5 Å². The average Bonchev–Trinajstić information content (AvgIpc) is 2.42. The molecule has 0 aliphatic rings. The molecular formula is C17H20BrNO. The summed E-state index contributed by atoms with van der Waals surface area (Å²) in [7, 11) is 0. The lowest BCUT2D eigenvalue weighted by molar-refractivity contribution is 0.471. The van der Waals surface area contributed by atoms with Gasteiger partial charge in [0.15, 0.2) is 0 Å². The number of rotatable bonds is 4. The van der Waals surface area contributed by atoms with Crippen LogP contribution in [0.15, 0.2) is 34.8 Å². The zero-order chi connectivity index (χ0) is 14.7. The Kier molecular flexibility index (Phi) is 4.84. The highest BCUT2D eigenvalue weighted by molar-refractivity contribution is 9.10. The first-order valence-corrected chi connectivity index (χ1v) is 7.55. The third-order valence-electron chi connectivity index (χ3n) is 3.51. The highest BCUT2D eigenvalue weighted by Crippen LogP contribution is 2.35. The molecule has 0 bridgehead atoms. The molecule has 2 N–H and O–H groups in total. The van der Waals surface area contributed by atoms with Crippen LogP contribution in [-0.4, -0.2) is 6.54 Å². The molecule has 0 amide bonds. The standard InChI is InChI=1S/C17H20BrNO/c1-11-4-5-12(2)17(13(11)3)20-16-7-6-14(8-9-19)10-15(16)18/h4-7,10H,8-9,19H2,1-3H3. The molecule has 0 unspecified atom stereocenters. The van der Waals surface area contributed by atoms with E-state index in [4.69, 9.17) is 10.5 Å². The average molecular weight is 334 g/mol. The summed E-state index contributed by atoms with van der Waals surface area (Å²) in [5.74, 6) is 1.78. The molecule has 0 radical (unpaired) electrons. The van der Waals surface area contributed by atoms with Crippen molar-refractivity contribution in [3.05, 3.63) is 57.1 Å². The van der Waals surface area contributed by atoms with Crippen molar-refractivity contribution in [3.63, 3.8) is 0 Å². The Morgan fingerprint density at radius 2 is 1.75 bits per heavy atom. The van der Waals surface area contributed by atoms with E-state index in [1.807, 2.05) is 6.07 Å². The van der Waals surface area contributed by atoms with E-state index in [1.165, 1.54) is 16.7 Å². The molecule has 0 saturated heterocycles. The fourth-order valence-corrected chi connectivity index (χ4v) is 2.65. The summed E-state index contributed by atoms with van der Waals surface area (Å²) in [5, 5.41) is 0. The van der Waals surface area contributed by atoms with Crippen LogP contribution in [-0.2, 0) is 6.42 Å². The molecule has 106 valence electrons. The number of nitrogens with two attached hydrogens (primary N) is 1. The number of aryl methyl sites for hydroxylation is 2. The van der Waals surface area contributed by atoms with Crippen molar-refractivity contribution in [1.82, 2.24) is 0 Å². The van der Waals surface area contributed by atoms with Gasteiger partial charge in [0.05, 0.1) is 4.47 Å². The maximum Gasteiger partial charge on any atom is 0.141 e. The van der Waals surface area contributed by atoms with Crippen molar-refractivity contribution >= 4 is 15.9 Å². The van der Waals surface area contributed by atoms with Gasteiger partial charge < -0.3 is 10.5 Å². The quantitative estimate of drug-likeness (QED) is 0.882. The van der Waals surface area contributed by atoms with E-state index in [0.717, 1.165) is 28.0 Å². The molecule has 2 aromatic rings. The van der Waals surface area contributed by atoms with Gasteiger partial charge >= 0.3 is 0 Å². The predicted molar refractivity (Wildman–Crippen MR) is 87.6 cm³/mol. The maximum absolute atomic E-state index is 6.11. The van der Waals surface area contributed by atoms with E-state index < -0.39 is 0 Å². The Bertz CT molecular complexity index is 623. The lowest BCUT2D eigenvalue weighted by atomic mass is 10.1. The van der Waals surface area contributed by atoms with Gasteiger partial charge in [-0.25, -0.2) is 0 Å². The summed E-state index contributed by atoms with van der Waals surface area (Å²) in [6, 6.07) is 10.3. The first-order valence-electron chi connectivity index (χ1n) is 6.76. The van der Waals surface area contributed by atoms with Gasteiger partial charge in [0, 0.05) is 0 Å². The van der Waals surface area contributed by atoms with Crippen molar-refractivity contribution in [2.75, 3.05) is 6.54 Å². The summed E-state index contributed by atoms with van der Waals surface area (Å²) in [6.07, 6.45) is 0.876. The second-order valence-electron chi connectivity index (χ2n) is 5.06. The minimum atomic E-state index is 0.655. The van der Waals surface area contributed by atoms with E-state index in [2.05, 4.69) is 61.0 Å². The summed E-state index contributed by atoms with van der Waals surface area (Å²) >= 11 is 3.58. The molecule has 0 aromatic heterocycles.